The Labute approximate surface area is 220 Å². The van der Waals surface area contributed by atoms with Crippen LogP contribution in [-0.2, 0) is 10.4 Å². The van der Waals surface area contributed by atoms with Crippen LogP contribution < -0.4 is 19.5 Å². The standard InChI is InChI=1S/C28H32INO5/c1-30-26(15-10-22(31)18-29)25-17-21(9-16-27(25)35-4)28(32,19-5-11-23(33-2)12-6-19)20-7-13-24(34-3)14-8-20/h5-9,11-14,16-17,26,30,32H,10,15,18H2,1-4H3. The molecule has 0 spiro atoms. The lowest BCUT2D eigenvalue weighted by atomic mass is 9.79. The number of nitrogens with one attached hydrogen (secondary N) is 1. The number of methoxy groups -OCH3 is 3. The fourth-order valence-electron chi connectivity index (χ4n) is 4.22. The Morgan fingerprint density at radius 2 is 1.40 bits per heavy atom. The predicted molar refractivity (Wildman–Crippen MR) is 146 cm³/mol. The average molecular weight is 589 g/mol. The monoisotopic (exact) mass is 589 g/mol. The second-order valence-electron chi connectivity index (χ2n) is 8.18. The fraction of sp³-hybridized carbons (Fsp3) is 0.321. The number of halogens is 1. The van der Waals surface area contributed by atoms with Crippen LogP contribution in [0.4, 0.5) is 0 Å². The van der Waals surface area contributed by atoms with Gasteiger partial charge in [0.1, 0.15) is 28.6 Å². The van der Waals surface area contributed by atoms with E-state index < -0.39 is 5.60 Å². The van der Waals surface area contributed by atoms with Crippen molar-refractivity contribution in [3.05, 3.63) is 89.0 Å². The first-order valence-electron chi connectivity index (χ1n) is 11.4. The van der Waals surface area contributed by atoms with E-state index in [1.807, 2.05) is 73.8 Å². The first kappa shape index (κ1) is 27.0. The van der Waals surface area contributed by atoms with Crippen molar-refractivity contribution >= 4 is 28.4 Å². The van der Waals surface area contributed by atoms with Crippen LogP contribution >= 0.6 is 22.6 Å². The molecule has 0 aromatic heterocycles. The van der Waals surface area contributed by atoms with E-state index in [1.165, 1.54) is 0 Å². The van der Waals surface area contributed by atoms with Crippen molar-refractivity contribution in [2.24, 2.45) is 0 Å². The van der Waals surface area contributed by atoms with Crippen molar-refractivity contribution in [1.82, 2.24) is 5.32 Å². The summed E-state index contributed by atoms with van der Waals surface area (Å²) in [7, 11) is 6.72. The molecule has 0 radical (unpaired) electrons. The highest BCUT2D eigenvalue weighted by molar-refractivity contribution is 14.1. The van der Waals surface area contributed by atoms with Crippen LogP contribution in [0.1, 0.15) is 41.1 Å². The molecule has 6 nitrogen and oxygen atoms in total. The van der Waals surface area contributed by atoms with Crippen molar-refractivity contribution in [1.29, 1.82) is 0 Å². The number of carbonyl (C=O) groups is 1. The molecule has 3 aromatic carbocycles. The van der Waals surface area contributed by atoms with Crippen LogP contribution in [0.5, 0.6) is 17.2 Å². The predicted octanol–water partition coefficient (Wildman–Crippen LogP) is 5.04. The molecule has 3 aromatic rings. The molecule has 0 fully saturated rings. The molecule has 1 atom stereocenters. The summed E-state index contributed by atoms with van der Waals surface area (Å²) >= 11 is 2.09. The molecule has 2 N–H and O–H groups in total. The van der Waals surface area contributed by atoms with Crippen LogP contribution in [0.2, 0.25) is 0 Å². The van der Waals surface area contributed by atoms with Gasteiger partial charge >= 0.3 is 0 Å². The molecule has 0 saturated heterocycles. The third kappa shape index (κ3) is 5.97. The van der Waals surface area contributed by atoms with Gasteiger partial charge in [-0.3, -0.25) is 4.79 Å². The molecule has 0 aliphatic heterocycles. The van der Waals surface area contributed by atoms with Crippen molar-refractivity contribution in [3.63, 3.8) is 0 Å². The van der Waals surface area contributed by atoms with Crippen molar-refractivity contribution in [2.75, 3.05) is 32.8 Å². The number of ketones is 1. The number of Topliss-reactive ketones (excluding diaryl/α,β-unsaturated/α-hetero) is 1. The van der Waals surface area contributed by atoms with E-state index in [-0.39, 0.29) is 11.8 Å². The Morgan fingerprint density at radius 3 is 1.83 bits per heavy atom. The van der Waals surface area contributed by atoms with E-state index in [9.17, 15) is 9.90 Å². The van der Waals surface area contributed by atoms with Gasteiger partial charge in [-0.25, -0.2) is 0 Å². The zero-order valence-corrected chi connectivity index (χ0v) is 22.7. The summed E-state index contributed by atoms with van der Waals surface area (Å²) in [5, 5.41) is 15.7. The largest absolute Gasteiger partial charge is 0.497 e. The first-order chi connectivity index (χ1) is 16.9. The quantitative estimate of drug-likeness (QED) is 0.175. The summed E-state index contributed by atoms with van der Waals surface area (Å²) in [5.41, 5.74) is 1.51. The highest BCUT2D eigenvalue weighted by atomic mass is 127. The molecule has 0 amide bonds. The Bertz CT molecular complexity index is 1070. The van der Waals surface area contributed by atoms with E-state index in [0.717, 1.165) is 5.56 Å². The van der Waals surface area contributed by atoms with Gasteiger partial charge in [0.25, 0.3) is 0 Å². The molecule has 3 rings (SSSR count). The van der Waals surface area contributed by atoms with Crippen LogP contribution in [0.25, 0.3) is 0 Å². The lowest BCUT2D eigenvalue weighted by Crippen LogP contribution is -2.29. The number of alkyl halides is 1. The summed E-state index contributed by atoms with van der Waals surface area (Å²) in [6, 6.07) is 20.4. The minimum Gasteiger partial charge on any atom is -0.497 e. The second kappa shape index (κ2) is 12.4. The maximum Gasteiger partial charge on any atom is 0.142 e. The number of ether oxygens (including phenoxy) is 3. The van der Waals surface area contributed by atoms with Crippen LogP contribution in [0.3, 0.4) is 0 Å². The summed E-state index contributed by atoms with van der Waals surface area (Å²) in [6.45, 7) is 0. The molecular weight excluding hydrogens is 557 g/mol. The Kier molecular flexibility index (Phi) is 9.54. The van der Waals surface area contributed by atoms with Crippen LogP contribution in [-0.4, -0.2) is 43.7 Å². The number of aliphatic hydroxyl groups is 1. The number of benzene rings is 3. The SMILES string of the molecule is CNC(CCC(=O)CI)c1cc(C(O)(c2ccc(OC)cc2)c2ccc(OC)cc2)ccc1OC. The van der Waals surface area contributed by atoms with Crippen molar-refractivity contribution in [3.8, 4) is 17.2 Å². The first-order valence-corrected chi connectivity index (χ1v) is 12.9. The van der Waals surface area contributed by atoms with Gasteiger partial charge in [-0.05, 0) is 66.6 Å². The maximum atomic E-state index is 12.4. The summed E-state index contributed by atoms with van der Waals surface area (Å²) in [6.07, 6.45) is 1.09. The molecule has 186 valence electrons. The van der Waals surface area contributed by atoms with Gasteiger partial charge in [0, 0.05) is 18.0 Å². The van der Waals surface area contributed by atoms with Crippen molar-refractivity contribution in [2.45, 2.75) is 24.5 Å². The third-order valence-corrected chi connectivity index (χ3v) is 7.10. The smallest absolute Gasteiger partial charge is 0.142 e. The van der Waals surface area contributed by atoms with E-state index in [2.05, 4.69) is 27.9 Å². The molecule has 0 aliphatic carbocycles. The number of rotatable bonds is 12. The van der Waals surface area contributed by atoms with E-state index >= 15 is 0 Å². The minimum atomic E-state index is -1.45. The lowest BCUT2D eigenvalue weighted by Gasteiger charge is -2.32. The minimum absolute atomic E-state index is 0.118. The Balaban J connectivity index is 2.16. The highest BCUT2D eigenvalue weighted by Crippen LogP contribution is 2.41. The van der Waals surface area contributed by atoms with E-state index in [0.29, 0.717) is 51.2 Å². The third-order valence-electron chi connectivity index (χ3n) is 6.25. The number of hydrogen-bond acceptors (Lipinski definition) is 6. The van der Waals surface area contributed by atoms with Crippen LogP contribution in [0, 0.1) is 0 Å². The molecule has 0 heterocycles. The Hall–Kier alpha value is -2.62. The van der Waals surface area contributed by atoms with Gasteiger partial charge in [0.05, 0.1) is 25.8 Å². The zero-order valence-electron chi connectivity index (χ0n) is 20.5. The summed E-state index contributed by atoms with van der Waals surface area (Å²) in [4.78, 5) is 12.0. The van der Waals surface area contributed by atoms with Gasteiger partial charge in [-0.1, -0.05) is 52.9 Å². The highest BCUT2D eigenvalue weighted by Gasteiger charge is 2.35. The molecule has 0 bridgehead atoms. The summed E-state index contributed by atoms with van der Waals surface area (Å²) in [5.74, 6) is 2.31. The molecule has 0 aliphatic rings. The van der Waals surface area contributed by atoms with Gasteiger partial charge in [0.15, 0.2) is 0 Å². The Morgan fingerprint density at radius 1 is 0.886 bits per heavy atom. The average Bonchev–Trinajstić information content (AvgIpc) is 2.92. The lowest BCUT2D eigenvalue weighted by molar-refractivity contribution is -0.116. The van der Waals surface area contributed by atoms with E-state index in [1.54, 1.807) is 21.3 Å². The zero-order chi connectivity index (χ0) is 25.4. The van der Waals surface area contributed by atoms with Crippen LogP contribution in [0.15, 0.2) is 66.7 Å². The molecule has 35 heavy (non-hydrogen) atoms. The topological polar surface area (TPSA) is 77.0 Å². The van der Waals surface area contributed by atoms with Gasteiger partial charge in [0.2, 0.25) is 0 Å². The molecular formula is C28H32INO5. The molecule has 7 heteroatoms. The van der Waals surface area contributed by atoms with Gasteiger partial charge in [-0.2, -0.15) is 0 Å². The molecule has 1 unspecified atom stereocenters. The second-order valence-corrected chi connectivity index (χ2v) is 8.94. The van der Waals surface area contributed by atoms with E-state index in [4.69, 9.17) is 14.2 Å². The normalized spacial score (nSPS) is 12.2. The maximum absolute atomic E-state index is 12.4. The van der Waals surface area contributed by atoms with Gasteiger partial charge in [-0.15, -0.1) is 0 Å². The van der Waals surface area contributed by atoms with Gasteiger partial charge < -0.3 is 24.6 Å². The van der Waals surface area contributed by atoms with Crippen molar-refractivity contribution < 1.29 is 24.1 Å². The number of carbonyl (C=O) groups excluding carboxylic acids is 1. The number of hydrogen-bond donors (Lipinski definition) is 2. The summed E-state index contributed by atoms with van der Waals surface area (Å²) < 4.78 is 16.8. The fourth-order valence-corrected chi connectivity index (χ4v) is 4.61. The molecule has 0 saturated carbocycles.